The van der Waals surface area contributed by atoms with Gasteiger partial charge in [0, 0.05) is 42.5 Å². The molecule has 0 saturated carbocycles. The molecule has 1 amide bonds. The van der Waals surface area contributed by atoms with Crippen LogP contribution < -0.4 is 10.1 Å². The number of benzene rings is 2. The number of ether oxygens (including phenoxy) is 1. The number of nitrogens with zero attached hydrogens (tertiary/aromatic N) is 3. The maximum absolute atomic E-state index is 14.4. The number of carbonyl (C=O) groups is 1. The van der Waals surface area contributed by atoms with Gasteiger partial charge in [-0.1, -0.05) is 30.3 Å². The number of hydrogen-bond donors (Lipinski definition) is 1. The standard InChI is InChI=1S/C26H29FN4O2/c1-33-24-12-5-2-7-18(24)17-30-15-13-19(14-16-30)28-26(32)25-20-8-6-11-22(20)31(29-25)23-10-4-3-9-21(23)27/h2-5,7,9-10,12,19H,6,8,11,13-17H2,1H3,(H,28,32). The van der Waals surface area contributed by atoms with Crippen molar-refractivity contribution in [3.63, 3.8) is 0 Å². The first-order valence-corrected chi connectivity index (χ1v) is 11.6. The lowest BCUT2D eigenvalue weighted by Gasteiger charge is -2.32. The molecule has 172 valence electrons. The zero-order valence-electron chi connectivity index (χ0n) is 18.9. The van der Waals surface area contributed by atoms with E-state index in [-0.39, 0.29) is 17.8 Å². The third-order valence-corrected chi connectivity index (χ3v) is 6.74. The highest BCUT2D eigenvalue weighted by Gasteiger charge is 2.29. The second kappa shape index (κ2) is 9.35. The van der Waals surface area contributed by atoms with Crippen LogP contribution in [0.1, 0.15) is 46.6 Å². The van der Waals surface area contributed by atoms with Crippen molar-refractivity contribution in [2.24, 2.45) is 0 Å². The van der Waals surface area contributed by atoms with Crippen molar-refractivity contribution in [1.82, 2.24) is 20.0 Å². The van der Waals surface area contributed by atoms with Gasteiger partial charge in [0.1, 0.15) is 17.3 Å². The number of amides is 1. The molecule has 1 N–H and O–H groups in total. The summed E-state index contributed by atoms with van der Waals surface area (Å²) in [6, 6.07) is 14.8. The lowest BCUT2D eigenvalue weighted by molar-refractivity contribution is 0.0902. The molecule has 2 aliphatic rings. The number of carbonyl (C=O) groups excluding carboxylic acids is 1. The van der Waals surface area contributed by atoms with E-state index in [0.717, 1.165) is 68.7 Å². The molecule has 6 nitrogen and oxygen atoms in total. The average Bonchev–Trinajstić information content (AvgIpc) is 3.44. The molecule has 2 heterocycles. The Morgan fingerprint density at radius 2 is 1.88 bits per heavy atom. The second-order valence-electron chi connectivity index (χ2n) is 8.83. The predicted molar refractivity (Wildman–Crippen MR) is 124 cm³/mol. The van der Waals surface area contributed by atoms with E-state index in [1.54, 1.807) is 30.0 Å². The Hall–Kier alpha value is -3.19. The van der Waals surface area contributed by atoms with E-state index in [0.29, 0.717) is 11.4 Å². The molecule has 0 bridgehead atoms. The van der Waals surface area contributed by atoms with E-state index in [2.05, 4.69) is 21.4 Å². The number of halogens is 1. The van der Waals surface area contributed by atoms with Crippen molar-refractivity contribution in [1.29, 1.82) is 0 Å². The van der Waals surface area contributed by atoms with Crippen molar-refractivity contribution in [3.8, 4) is 11.4 Å². The first-order chi connectivity index (χ1) is 16.1. The van der Waals surface area contributed by atoms with Gasteiger partial charge >= 0.3 is 0 Å². The lowest BCUT2D eigenvalue weighted by atomic mass is 10.0. The SMILES string of the molecule is COc1ccccc1CN1CCC(NC(=O)c2nn(-c3ccccc3F)c3c2CCC3)CC1. The Morgan fingerprint density at radius 1 is 1.12 bits per heavy atom. The van der Waals surface area contributed by atoms with Gasteiger partial charge in [-0.3, -0.25) is 9.69 Å². The third kappa shape index (κ3) is 4.37. The third-order valence-electron chi connectivity index (χ3n) is 6.74. The number of piperidine rings is 1. The Labute approximate surface area is 193 Å². The first kappa shape index (κ1) is 21.6. The number of para-hydroxylation sites is 2. The number of hydrogen-bond acceptors (Lipinski definition) is 4. The highest BCUT2D eigenvalue weighted by Crippen LogP contribution is 2.29. The van der Waals surface area contributed by atoms with Gasteiger partial charge in [0.05, 0.1) is 7.11 Å². The molecule has 0 radical (unpaired) electrons. The largest absolute Gasteiger partial charge is 0.496 e. The summed E-state index contributed by atoms with van der Waals surface area (Å²) < 4.78 is 21.5. The van der Waals surface area contributed by atoms with E-state index in [1.807, 2.05) is 18.2 Å². The Balaban J connectivity index is 1.24. The zero-order valence-corrected chi connectivity index (χ0v) is 18.9. The van der Waals surface area contributed by atoms with Crippen molar-refractivity contribution in [2.45, 2.75) is 44.7 Å². The summed E-state index contributed by atoms with van der Waals surface area (Å²) in [6.45, 7) is 2.65. The molecule has 5 rings (SSSR count). The number of nitrogens with one attached hydrogen (secondary N) is 1. The molecule has 1 saturated heterocycles. The van der Waals surface area contributed by atoms with Crippen LogP contribution in [-0.2, 0) is 19.4 Å². The van der Waals surface area contributed by atoms with E-state index in [1.165, 1.54) is 11.6 Å². The van der Waals surface area contributed by atoms with Crippen molar-refractivity contribution in [2.75, 3.05) is 20.2 Å². The fourth-order valence-corrected chi connectivity index (χ4v) is 5.01. The average molecular weight is 449 g/mol. The molecular formula is C26H29FN4O2. The quantitative estimate of drug-likeness (QED) is 0.621. The van der Waals surface area contributed by atoms with Gasteiger partial charge in [-0.15, -0.1) is 0 Å². The van der Waals surface area contributed by atoms with Crippen molar-refractivity contribution >= 4 is 5.91 Å². The molecule has 2 aromatic carbocycles. The fourth-order valence-electron chi connectivity index (χ4n) is 5.01. The molecule has 1 aliphatic heterocycles. The molecular weight excluding hydrogens is 419 g/mol. The smallest absolute Gasteiger partial charge is 0.272 e. The topological polar surface area (TPSA) is 59.4 Å². The van der Waals surface area contributed by atoms with Crippen LogP contribution in [0.4, 0.5) is 4.39 Å². The van der Waals surface area contributed by atoms with Gasteiger partial charge < -0.3 is 10.1 Å². The molecule has 33 heavy (non-hydrogen) atoms. The summed E-state index contributed by atoms with van der Waals surface area (Å²) in [5.41, 5.74) is 3.94. The van der Waals surface area contributed by atoms with Gasteiger partial charge in [-0.2, -0.15) is 5.10 Å². The minimum Gasteiger partial charge on any atom is -0.496 e. The highest BCUT2D eigenvalue weighted by atomic mass is 19.1. The van der Waals surface area contributed by atoms with Gasteiger partial charge in [-0.25, -0.2) is 9.07 Å². The van der Waals surface area contributed by atoms with Crippen LogP contribution in [-0.4, -0.2) is 46.8 Å². The Bertz CT molecular complexity index is 1150. The maximum Gasteiger partial charge on any atom is 0.272 e. The molecule has 1 aliphatic carbocycles. The van der Waals surface area contributed by atoms with Crippen LogP contribution in [0.3, 0.4) is 0 Å². The first-order valence-electron chi connectivity index (χ1n) is 11.6. The summed E-state index contributed by atoms with van der Waals surface area (Å²) >= 11 is 0. The molecule has 0 unspecified atom stereocenters. The monoisotopic (exact) mass is 448 g/mol. The molecule has 0 spiro atoms. The normalized spacial score (nSPS) is 16.5. The number of rotatable bonds is 6. The number of likely N-dealkylation sites (tertiary alicyclic amines) is 1. The minimum atomic E-state index is -0.330. The van der Waals surface area contributed by atoms with Gasteiger partial charge in [-0.05, 0) is 50.3 Å². The van der Waals surface area contributed by atoms with Crippen LogP contribution in [0.5, 0.6) is 5.75 Å². The number of aromatic nitrogens is 2. The van der Waals surface area contributed by atoms with Gasteiger partial charge in [0.2, 0.25) is 0 Å². The van der Waals surface area contributed by atoms with Gasteiger partial charge in [0.15, 0.2) is 5.69 Å². The summed E-state index contributed by atoms with van der Waals surface area (Å²) in [5, 5.41) is 7.75. The Kier molecular flexibility index (Phi) is 6.13. The summed E-state index contributed by atoms with van der Waals surface area (Å²) in [4.78, 5) is 15.5. The molecule has 3 aromatic rings. The second-order valence-corrected chi connectivity index (χ2v) is 8.83. The van der Waals surface area contributed by atoms with Crippen molar-refractivity contribution in [3.05, 3.63) is 76.9 Å². The summed E-state index contributed by atoms with van der Waals surface area (Å²) in [5.74, 6) is 0.433. The molecule has 0 atom stereocenters. The van der Waals surface area contributed by atoms with Crippen LogP contribution >= 0.6 is 0 Å². The molecule has 7 heteroatoms. The molecule has 1 fully saturated rings. The van der Waals surface area contributed by atoms with Gasteiger partial charge in [0.25, 0.3) is 5.91 Å². The van der Waals surface area contributed by atoms with Crippen LogP contribution in [0.25, 0.3) is 5.69 Å². The van der Waals surface area contributed by atoms with Crippen LogP contribution in [0, 0.1) is 5.82 Å². The number of methoxy groups -OCH3 is 1. The predicted octanol–water partition coefficient (Wildman–Crippen LogP) is 3.90. The molecule has 1 aromatic heterocycles. The highest BCUT2D eigenvalue weighted by molar-refractivity contribution is 5.94. The van der Waals surface area contributed by atoms with E-state index >= 15 is 0 Å². The summed E-state index contributed by atoms with van der Waals surface area (Å²) in [7, 11) is 1.70. The fraction of sp³-hybridized carbons (Fsp3) is 0.385. The van der Waals surface area contributed by atoms with E-state index in [9.17, 15) is 9.18 Å². The van der Waals surface area contributed by atoms with E-state index in [4.69, 9.17) is 4.74 Å². The Morgan fingerprint density at radius 3 is 2.67 bits per heavy atom. The van der Waals surface area contributed by atoms with Crippen LogP contribution in [0.15, 0.2) is 48.5 Å². The van der Waals surface area contributed by atoms with Crippen molar-refractivity contribution < 1.29 is 13.9 Å². The zero-order chi connectivity index (χ0) is 22.8. The van der Waals surface area contributed by atoms with Crippen LogP contribution in [0.2, 0.25) is 0 Å². The number of fused-ring (bicyclic) bond motifs is 1. The minimum absolute atomic E-state index is 0.113. The maximum atomic E-state index is 14.4. The van der Waals surface area contributed by atoms with E-state index < -0.39 is 0 Å². The summed E-state index contributed by atoms with van der Waals surface area (Å²) in [6.07, 6.45) is 4.35. The lowest BCUT2D eigenvalue weighted by Crippen LogP contribution is -2.44.